The van der Waals surface area contributed by atoms with Crippen LogP contribution in [0.3, 0.4) is 0 Å². The van der Waals surface area contributed by atoms with Gasteiger partial charge in [0.25, 0.3) is 5.56 Å². The first-order valence-electron chi connectivity index (χ1n) is 12.3. The second kappa shape index (κ2) is 9.83. The number of aromatic nitrogens is 2. The number of fused-ring (bicyclic) bond motifs is 1. The average Bonchev–Trinajstić information content (AvgIpc) is 3.24. The van der Waals surface area contributed by atoms with Crippen LogP contribution in [0, 0.1) is 0 Å². The molecule has 200 valence electrons. The van der Waals surface area contributed by atoms with Gasteiger partial charge in [0.1, 0.15) is 17.1 Å². The number of carbonyl (C=O) groups is 2. The highest BCUT2D eigenvalue weighted by Gasteiger charge is 2.30. The fourth-order valence-corrected chi connectivity index (χ4v) is 4.64. The summed E-state index contributed by atoms with van der Waals surface area (Å²) in [5, 5.41) is 5.89. The van der Waals surface area contributed by atoms with Crippen molar-refractivity contribution in [2.45, 2.75) is 39.3 Å². The van der Waals surface area contributed by atoms with Crippen molar-refractivity contribution in [1.82, 2.24) is 14.0 Å². The summed E-state index contributed by atoms with van der Waals surface area (Å²) < 4.78 is 7.89. The molecule has 2 aliphatic rings. The van der Waals surface area contributed by atoms with E-state index in [0.29, 0.717) is 36.8 Å². The molecule has 37 heavy (non-hydrogen) atoms. The Morgan fingerprint density at radius 2 is 1.76 bits per heavy atom. The number of nitrogens with zero attached hydrogens (tertiary/aromatic N) is 5. The van der Waals surface area contributed by atoms with Crippen LogP contribution in [0.4, 0.5) is 27.7 Å². The summed E-state index contributed by atoms with van der Waals surface area (Å²) in [6.07, 6.45) is -0.298. The van der Waals surface area contributed by atoms with Crippen molar-refractivity contribution in [3.05, 3.63) is 45.1 Å². The predicted molar refractivity (Wildman–Crippen MR) is 142 cm³/mol. The number of benzene rings is 1. The molecule has 0 radical (unpaired) electrons. The highest BCUT2D eigenvalue weighted by molar-refractivity contribution is 5.95. The van der Waals surface area contributed by atoms with E-state index in [2.05, 4.69) is 22.5 Å². The van der Waals surface area contributed by atoms with Crippen LogP contribution in [-0.2, 0) is 23.6 Å². The Morgan fingerprint density at radius 3 is 2.38 bits per heavy atom. The fraction of sp³-hybridized carbons (Fsp3) is 0.520. The standard InChI is InChI=1S/C25H35N7O5/c1-16-13-30(24(36)37-25(2,3)4)11-12-32(16)18-9-7-17(8-10-18)27-19(33)14-31-15-26-21-20(31)22(34)29(6)23(35)28(21)5/h7-10,16,26H,11-15H2,1-6H3,(H,27,33). The fourth-order valence-electron chi connectivity index (χ4n) is 4.64. The molecular formula is C25H35N7O5. The van der Waals surface area contributed by atoms with Crippen LogP contribution < -0.4 is 31.7 Å². The molecule has 2 aliphatic heterocycles. The second-order valence-corrected chi connectivity index (χ2v) is 10.5. The van der Waals surface area contributed by atoms with Gasteiger partial charge in [-0.05, 0) is 52.0 Å². The Balaban J connectivity index is 1.36. The van der Waals surface area contributed by atoms with E-state index in [1.54, 1.807) is 16.8 Å². The van der Waals surface area contributed by atoms with Gasteiger partial charge in [0.05, 0.1) is 13.2 Å². The molecule has 1 saturated heterocycles. The van der Waals surface area contributed by atoms with Crippen molar-refractivity contribution >= 4 is 34.9 Å². The predicted octanol–water partition coefficient (Wildman–Crippen LogP) is 1.36. The molecule has 2 aromatic rings. The van der Waals surface area contributed by atoms with Crippen molar-refractivity contribution in [3.63, 3.8) is 0 Å². The maximum Gasteiger partial charge on any atom is 0.410 e. The highest BCUT2D eigenvalue weighted by Crippen LogP contribution is 2.26. The van der Waals surface area contributed by atoms with E-state index >= 15 is 0 Å². The van der Waals surface area contributed by atoms with E-state index in [-0.39, 0.29) is 31.3 Å². The number of piperazine rings is 1. The topological polar surface area (TPSA) is 121 Å². The van der Waals surface area contributed by atoms with Gasteiger partial charge in [-0.2, -0.15) is 0 Å². The summed E-state index contributed by atoms with van der Waals surface area (Å²) in [4.78, 5) is 55.5. The van der Waals surface area contributed by atoms with Crippen LogP contribution >= 0.6 is 0 Å². The van der Waals surface area contributed by atoms with E-state index in [9.17, 15) is 19.2 Å². The molecule has 1 unspecified atom stereocenters. The summed E-state index contributed by atoms with van der Waals surface area (Å²) in [5.41, 5.74) is 0.532. The molecule has 0 aliphatic carbocycles. The molecule has 1 atom stereocenters. The van der Waals surface area contributed by atoms with Crippen molar-refractivity contribution in [2.24, 2.45) is 14.1 Å². The molecule has 1 fully saturated rings. The van der Waals surface area contributed by atoms with Crippen molar-refractivity contribution in [1.29, 1.82) is 0 Å². The minimum Gasteiger partial charge on any atom is -0.444 e. The minimum atomic E-state index is -0.528. The summed E-state index contributed by atoms with van der Waals surface area (Å²) in [7, 11) is 3.00. The number of nitrogens with one attached hydrogen (secondary N) is 2. The third-order valence-electron chi connectivity index (χ3n) is 6.49. The lowest BCUT2D eigenvalue weighted by molar-refractivity contribution is -0.115. The Hall–Kier alpha value is -3.96. The molecule has 0 spiro atoms. The number of amides is 2. The highest BCUT2D eigenvalue weighted by atomic mass is 16.6. The van der Waals surface area contributed by atoms with Crippen LogP contribution in [0.15, 0.2) is 33.9 Å². The summed E-state index contributed by atoms with van der Waals surface area (Å²) >= 11 is 0. The zero-order valence-electron chi connectivity index (χ0n) is 22.2. The van der Waals surface area contributed by atoms with Gasteiger partial charge in [-0.25, -0.2) is 9.59 Å². The Labute approximate surface area is 215 Å². The van der Waals surface area contributed by atoms with Gasteiger partial charge in [-0.15, -0.1) is 0 Å². The van der Waals surface area contributed by atoms with Gasteiger partial charge in [-0.1, -0.05) is 0 Å². The van der Waals surface area contributed by atoms with Crippen LogP contribution in [0.5, 0.6) is 0 Å². The first-order valence-corrected chi connectivity index (χ1v) is 12.3. The lowest BCUT2D eigenvalue weighted by atomic mass is 10.1. The molecule has 0 bridgehead atoms. The number of hydrogen-bond acceptors (Lipinski definition) is 8. The zero-order valence-corrected chi connectivity index (χ0v) is 22.2. The Kier molecular flexibility index (Phi) is 6.94. The van der Waals surface area contributed by atoms with Gasteiger partial charge in [0.15, 0.2) is 0 Å². The van der Waals surface area contributed by atoms with Crippen LogP contribution in [0.25, 0.3) is 0 Å². The average molecular weight is 514 g/mol. The third kappa shape index (κ3) is 5.42. The normalized spacial score (nSPS) is 17.4. The van der Waals surface area contributed by atoms with Gasteiger partial charge in [0, 0.05) is 51.1 Å². The van der Waals surface area contributed by atoms with E-state index in [0.717, 1.165) is 10.3 Å². The third-order valence-corrected chi connectivity index (χ3v) is 6.49. The zero-order chi connectivity index (χ0) is 27.1. The van der Waals surface area contributed by atoms with Crippen molar-refractivity contribution < 1.29 is 14.3 Å². The van der Waals surface area contributed by atoms with E-state index in [1.165, 1.54) is 11.6 Å². The number of ether oxygens (including phenoxy) is 1. The second-order valence-electron chi connectivity index (χ2n) is 10.5. The van der Waals surface area contributed by atoms with Crippen LogP contribution in [0.2, 0.25) is 0 Å². The van der Waals surface area contributed by atoms with Crippen LogP contribution in [-0.4, -0.2) is 70.5 Å². The van der Waals surface area contributed by atoms with Gasteiger partial charge in [-0.3, -0.25) is 18.7 Å². The Bertz CT molecular complexity index is 1310. The van der Waals surface area contributed by atoms with E-state index < -0.39 is 16.9 Å². The molecule has 3 heterocycles. The summed E-state index contributed by atoms with van der Waals surface area (Å²) in [5.74, 6) is 0.129. The smallest absolute Gasteiger partial charge is 0.410 e. The quantitative estimate of drug-likeness (QED) is 0.629. The monoisotopic (exact) mass is 513 g/mol. The molecule has 2 N–H and O–H groups in total. The van der Waals surface area contributed by atoms with Gasteiger partial charge >= 0.3 is 11.8 Å². The lowest BCUT2D eigenvalue weighted by Crippen LogP contribution is -2.54. The van der Waals surface area contributed by atoms with Crippen LogP contribution in [0.1, 0.15) is 27.7 Å². The SMILES string of the molecule is CC1CN(C(=O)OC(C)(C)C)CCN1c1ccc(NC(=O)CN2CNc3c2c(=O)n(C)c(=O)n3C)cc1. The number of anilines is 4. The maximum absolute atomic E-state index is 12.7. The molecule has 1 aromatic carbocycles. The largest absolute Gasteiger partial charge is 0.444 e. The molecule has 2 amide bonds. The first-order chi connectivity index (χ1) is 17.4. The van der Waals surface area contributed by atoms with Gasteiger partial charge in [0.2, 0.25) is 5.91 Å². The van der Waals surface area contributed by atoms with Gasteiger partial charge < -0.3 is 30.1 Å². The molecule has 12 nitrogen and oxygen atoms in total. The number of hydrogen-bond donors (Lipinski definition) is 2. The Morgan fingerprint density at radius 1 is 1.08 bits per heavy atom. The molecule has 1 aromatic heterocycles. The van der Waals surface area contributed by atoms with Crippen molar-refractivity contribution in [2.75, 3.05) is 53.3 Å². The summed E-state index contributed by atoms with van der Waals surface area (Å²) in [6, 6.07) is 7.64. The number of carbonyl (C=O) groups excluding carboxylic acids is 2. The molecule has 4 rings (SSSR count). The van der Waals surface area contributed by atoms with E-state index in [1.807, 2.05) is 45.0 Å². The van der Waals surface area contributed by atoms with Crippen molar-refractivity contribution in [3.8, 4) is 0 Å². The summed E-state index contributed by atoms with van der Waals surface area (Å²) in [6.45, 7) is 9.64. The maximum atomic E-state index is 12.7. The molecule has 0 saturated carbocycles. The van der Waals surface area contributed by atoms with E-state index in [4.69, 9.17) is 4.74 Å². The number of rotatable bonds is 4. The molecular weight excluding hydrogens is 478 g/mol. The minimum absolute atomic E-state index is 0.0428. The first kappa shape index (κ1) is 26.1. The lowest BCUT2D eigenvalue weighted by Gasteiger charge is -2.41. The molecule has 12 heteroatoms.